The fraction of sp³-hybridized carbons (Fsp3) is 0.385. The first-order valence-electron chi connectivity index (χ1n) is 5.77. The summed E-state index contributed by atoms with van der Waals surface area (Å²) in [5.74, 6) is 1.18. The predicted molar refractivity (Wildman–Crippen MR) is 65.6 cm³/mol. The van der Waals surface area contributed by atoms with Crippen molar-refractivity contribution in [3.8, 4) is 0 Å². The predicted octanol–water partition coefficient (Wildman–Crippen LogP) is 2.30. The number of aryl methyl sites for hydroxylation is 3. The van der Waals surface area contributed by atoms with Gasteiger partial charge in [-0.25, -0.2) is 0 Å². The fourth-order valence-corrected chi connectivity index (χ4v) is 1.77. The Hall–Kier alpha value is -1.68. The molecule has 90 valence electrons. The van der Waals surface area contributed by atoms with Gasteiger partial charge in [0.05, 0.1) is 6.04 Å². The third kappa shape index (κ3) is 2.36. The van der Waals surface area contributed by atoms with Gasteiger partial charge in [-0.05, 0) is 25.0 Å². The number of hydrogen-bond donors (Lipinski definition) is 1. The smallest absolute Gasteiger partial charge is 0.226 e. The minimum absolute atomic E-state index is 0.320. The largest absolute Gasteiger partial charge is 0.339 e. The summed E-state index contributed by atoms with van der Waals surface area (Å²) in [7, 11) is 0. The molecule has 0 bridgehead atoms. The van der Waals surface area contributed by atoms with Crippen molar-refractivity contribution in [3.63, 3.8) is 0 Å². The van der Waals surface area contributed by atoms with Crippen LogP contribution < -0.4 is 5.73 Å². The summed E-state index contributed by atoms with van der Waals surface area (Å²) in [6.07, 6.45) is 0.729. The van der Waals surface area contributed by atoms with Crippen LogP contribution in [0.25, 0.3) is 0 Å². The second-order valence-electron chi connectivity index (χ2n) is 4.24. The van der Waals surface area contributed by atoms with Crippen LogP contribution in [-0.2, 0) is 6.42 Å². The van der Waals surface area contributed by atoms with E-state index in [1.807, 2.05) is 20.8 Å². The lowest BCUT2D eigenvalue weighted by atomic mass is 9.99. The molecule has 1 heterocycles. The average Bonchev–Trinajstić information content (AvgIpc) is 2.80. The van der Waals surface area contributed by atoms with Gasteiger partial charge in [-0.15, -0.1) is 0 Å². The molecule has 0 saturated heterocycles. The van der Waals surface area contributed by atoms with E-state index in [0.29, 0.717) is 11.7 Å². The highest BCUT2D eigenvalue weighted by molar-refractivity contribution is 5.35. The summed E-state index contributed by atoms with van der Waals surface area (Å²) in [5.41, 5.74) is 9.54. The molecule has 0 aliphatic rings. The second kappa shape index (κ2) is 4.67. The monoisotopic (exact) mass is 231 g/mol. The third-order valence-corrected chi connectivity index (χ3v) is 2.83. The van der Waals surface area contributed by atoms with Gasteiger partial charge in [-0.1, -0.05) is 35.8 Å². The van der Waals surface area contributed by atoms with Crippen LogP contribution in [-0.4, -0.2) is 10.1 Å². The maximum Gasteiger partial charge on any atom is 0.226 e. The summed E-state index contributed by atoms with van der Waals surface area (Å²) < 4.78 is 5.09. The zero-order valence-corrected chi connectivity index (χ0v) is 10.4. The summed E-state index contributed by atoms with van der Waals surface area (Å²) >= 11 is 0. The lowest BCUT2D eigenvalue weighted by molar-refractivity contribution is 0.375. The molecule has 2 N–H and O–H groups in total. The molecule has 4 heteroatoms. The van der Waals surface area contributed by atoms with Gasteiger partial charge in [0.1, 0.15) is 0 Å². The highest BCUT2D eigenvalue weighted by Gasteiger charge is 2.17. The van der Waals surface area contributed by atoms with Crippen LogP contribution in [0.5, 0.6) is 0 Å². The van der Waals surface area contributed by atoms with Crippen LogP contribution in [0.2, 0.25) is 0 Å². The quantitative estimate of drug-likeness (QED) is 0.880. The van der Waals surface area contributed by atoms with Gasteiger partial charge >= 0.3 is 0 Å². The molecule has 2 aromatic rings. The van der Waals surface area contributed by atoms with Crippen LogP contribution >= 0.6 is 0 Å². The van der Waals surface area contributed by atoms with E-state index in [2.05, 4.69) is 28.3 Å². The van der Waals surface area contributed by atoms with Crippen LogP contribution in [0.1, 0.15) is 41.4 Å². The molecular formula is C13H17N3O. The van der Waals surface area contributed by atoms with E-state index in [-0.39, 0.29) is 6.04 Å². The van der Waals surface area contributed by atoms with Crippen molar-refractivity contribution in [1.82, 2.24) is 10.1 Å². The number of nitrogens with two attached hydrogens (primary N) is 1. The lowest BCUT2D eigenvalue weighted by Crippen LogP contribution is -2.15. The molecule has 1 unspecified atom stereocenters. The maximum absolute atomic E-state index is 6.17. The molecule has 2 rings (SSSR count). The summed E-state index contributed by atoms with van der Waals surface area (Å²) in [5, 5.41) is 3.92. The van der Waals surface area contributed by atoms with E-state index in [4.69, 9.17) is 10.3 Å². The molecule has 17 heavy (non-hydrogen) atoms. The van der Waals surface area contributed by atoms with Crippen LogP contribution in [0.4, 0.5) is 0 Å². The van der Waals surface area contributed by atoms with E-state index in [1.165, 1.54) is 5.56 Å². The maximum atomic E-state index is 6.17. The van der Waals surface area contributed by atoms with Gasteiger partial charge in [0, 0.05) is 6.42 Å². The molecule has 0 fully saturated rings. The minimum atomic E-state index is -0.320. The zero-order valence-electron chi connectivity index (χ0n) is 10.4. The Bertz CT molecular complexity index is 519. The molecule has 0 saturated carbocycles. The Balaban J connectivity index is 2.35. The Kier molecular flexibility index (Phi) is 3.24. The Morgan fingerprint density at radius 2 is 2.12 bits per heavy atom. The number of benzene rings is 1. The second-order valence-corrected chi connectivity index (χ2v) is 4.24. The molecule has 0 amide bonds. The molecule has 0 spiro atoms. The van der Waals surface area contributed by atoms with Crippen LogP contribution in [0, 0.1) is 13.8 Å². The molecule has 1 aromatic heterocycles. The van der Waals surface area contributed by atoms with E-state index in [0.717, 1.165) is 17.5 Å². The van der Waals surface area contributed by atoms with Gasteiger partial charge in [-0.3, -0.25) is 0 Å². The van der Waals surface area contributed by atoms with Gasteiger partial charge < -0.3 is 10.3 Å². The number of rotatable bonds is 3. The molecular weight excluding hydrogens is 214 g/mol. The lowest BCUT2D eigenvalue weighted by Gasteiger charge is -2.11. The highest BCUT2D eigenvalue weighted by atomic mass is 16.5. The van der Waals surface area contributed by atoms with Crippen LogP contribution in [0.15, 0.2) is 22.7 Å². The van der Waals surface area contributed by atoms with Crippen molar-refractivity contribution in [2.24, 2.45) is 5.73 Å². The SMILES string of the molecule is CCc1nc(C(N)c2cc(C)ccc2C)no1. The van der Waals surface area contributed by atoms with Crippen molar-refractivity contribution >= 4 is 0 Å². The van der Waals surface area contributed by atoms with Crippen molar-refractivity contribution in [2.45, 2.75) is 33.2 Å². The highest BCUT2D eigenvalue weighted by Crippen LogP contribution is 2.21. The van der Waals surface area contributed by atoms with Gasteiger partial charge in [0.25, 0.3) is 0 Å². The molecule has 4 nitrogen and oxygen atoms in total. The van der Waals surface area contributed by atoms with Crippen molar-refractivity contribution in [1.29, 1.82) is 0 Å². The first-order chi connectivity index (χ1) is 8.11. The number of aromatic nitrogens is 2. The average molecular weight is 231 g/mol. The Morgan fingerprint density at radius 3 is 2.76 bits per heavy atom. The normalized spacial score (nSPS) is 12.7. The summed E-state index contributed by atoms with van der Waals surface area (Å²) in [6, 6.07) is 5.88. The van der Waals surface area contributed by atoms with E-state index < -0.39 is 0 Å². The number of hydrogen-bond acceptors (Lipinski definition) is 4. The molecule has 0 radical (unpaired) electrons. The third-order valence-electron chi connectivity index (χ3n) is 2.83. The molecule has 0 aliphatic heterocycles. The van der Waals surface area contributed by atoms with E-state index in [9.17, 15) is 0 Å². The Morgan fingerprint density at radius 1 is 1.35 bits per heavy atom. The van der Waals surface area contributed by atoms with Crippen molar-refractivity contribution < 1.29 is 4.52 Å². The van der Waals surface area contributed by atoms with E-state index >= 15 is 0 Å². The fourth-order valence-electron chi connectivity index (χ4n) is 1.77. The summed E-state index contributed by atoms with van der Waals surface area (Å²) in [4.78, 5) is 4.27. The Labute approximate surface area is 101 Å². The summed E-state index contributed by atoms with van der Waals surface area (Å²) in [6.45, 7) is 6.06. The standard InChI is InChI=1S/C13H17N3O/c1-4-11-15-13(16-17-11)12(14)10-7-8(2)5-6-9(10)3/h5-7,12H,4,14H2,1-3H3. The minimum Gasteiger partial charge on any atom is -0.339 e. The van der Waals surface area contributed by atoms with Gasteiger partial charge in [-0.2, -0.15) is 4.98 Å². The molecule has 1 aromatic carbocycles. The van der Waals surface area contributed by atoms with Crippen molar-refractivity contribution in [3.05, 3.63) is 46.6 Å². The first-order valence-corrected chi connectivity index (χ1v) is 5.77. The topological polar surface area (TPSA) is 64.9 Å². The molecule has 1 atom stereocenters. The van der Waals surface area contributed by atoms with Gasteiger partial charge in [0.2, 0.25) is 5.89 Å². The number of nitrogens with zero attached hydrogens (tertiary/aromatic N) is 2. The van der Waals surface area contributed by atoms with Crippen molar-refractivity contribution in [2.75, 3.05) is 0 Å². The zero-order chi connectivity index (χ0) is 12.4. The first kappa shape index (κ1) is 11.8. The molecule has 0 aliphatic carbocycles. The van der Waals surface area contributed by atoms with Crippen LogP contribution in [0.3, 0.4) is 0 Å². The van der Waals surface area contributed by atoms with E-state index in [1.54, 1.807) is 0 Å². The van der Waals surface area contributed by atoms with Gasteiger partial charge in [0.15, 0.2) is 5.82 Å².